The molecule has 188 valence electrons. The minimum Gasteiger partial charge on any atom is -0.389 e. The molecule has 6 nitrogen and oxygen atoms in total. The van der Waals surface area contributed by atoms with Crippen molar-refractivity contribution in [3.8, 4) is 0 Å². The van der Waals surface area contributed by atoms with E-state index >= 15 is 0 Å². The van der Waals surface area contributed by atoms with E-state index in [1.165, 1.54) is 30.6 Å². The van der Waals surface area contributed by atoms with Crippen molar-refractivity contribution in [3.63, 3.8) is 0 Å². The molecule has 0 bridgehead atoms. The number of hydrogen-bond donors (Lipinski definition) is 2. The van der Waals surface area contributed by atoms with Crippen molar-refractivity contribution in [3.05, 3.63) is 76.2 Å². The molecule has 1 amide bonds. The van der Waals surface area contributed by atoms with Crippen LogP contribution in [0.5, 0.6) is 0 Å². The summed E-state index contributed by atoms with van der Waals surface area (Å²) in [5.41, 5.74) is 1.39. The highest BCUT2D eigenvalue weighted by atomic mass is 32.1. The first-order chi connectivity index (χ1) is 16.5. The van der Waals surface area contributed by atoms with Gasteiger partial charge in [-0.05, 0) is 53.0 Å². The third-order valence-corrected chi connectivity index (χ3v) is 6.09. The zero-order valence-electron chi connectivity index (χ0n) is 20.5. The van der Waals surface area contributed by atoms with Crippen LogP contribution in [0.15, 0.2) is 48.5 Å². The maximum Gasteiger partial charge on any atom is 0.217 e. The second-order valence-electron chi connectivity index (χ2n) is 9.98. The smallest absolute Gasteiger partial charge is 0.217 e. The van der Waals surface area contributed by atoms with Crippen molar-refractivity contribution >= 4 is 23.3 Å². The van der Waals surface area contributed by atoms with Crippen LogP contribution in [0.2, 0.25) is 0 Å². The van der Waals surface area contributed by atoms with Crippen molar-refractivity contribution in [1.82, 2.24) is 14.9 Å². The van der Waals surface area contributed by atoms with Crippen LogP contribution in [0.3, 0.4) is 0 Å². The lowest BCUT2D eigenvalue weighted by atomic mass is 9.91. The van der Waals surface area contributed by atoms with Gasteiger partial charge in [0, 0.05) is 26.1 Å². The molecule has 0 saturated heterocycles. The molecule has 0 saturated carbocycles. The van der Waals surface area contributed by atoms with Crippen LogP contribution in [0.4, 0.5) is 14.6 Å². The van der Waals surface area contributed by atoms with E-state index in [-0.39, 0.29) is 24.3 Å². The number of carbonyl (C=O) groups excluding carboxylic acids is 1. The summed E-state index contributed by atoms with van der Waals surface area (Å²) in [6, 6.07) is 12.2. The lowest BCUT2D eigenvalue weighted by Crippen LogP contribution is -2.49. The molecule has 0 aliphatic heterocycles. The fourth-order valence-electron chi connectivity index (χ4n) is 3.95. The van der Waals surface area contributed by atoms with Gasteiger partial charge in [-0.15, -0.1) is 5.10 Å². The number of aliphatic hydroxyl groups excluding tert-OH is 1. The molecular formula is C26H32F2N4O2S. The van der Waals surface area contributed by atoms with E-state index in [9.17, 15) is 18.7 Å². The number of hydrogen-bond acceptors (Lipinski definition) is 6. The Kier molecular flexibility index (Phi) is 8.91. The number of aliphatic hydroxyl groups is 1. The Labute approximate surface area is 209 Å². The summed E-state index contributed by atoms with van der Waals surface area (Å²) in [6.45, 7) is 8.37. The highest BCUT2D eigenvalue weighted by Gasteiger charge is 2.27. The number of carbonyl (C=O) groups is 1. The minimum atomic E-state index is -1.04. The quantitative estimate of drug-likeness (QED) is 0.426. The van der Waals surface area contributed by atoms with Gasteiger partial charge in [-0.1, -0.05) is 55.6 Å². The zero-order chi connectivity index (χ0) is 25.6. The summed E-state index contributed by atoms with van der Waals surface area (Å²) < 4.78 is 31.7. The van der Waals surface area contributed by atoms with Crippen molar-refractivity contribution in [2.24, 2.45) is 5.41 Å². The first kappa shape index (κ1) is 26.7. The number of nitrogens with one attached hydrogen (secondary N) is 1. The SMILES string of the molecule is CC(=O)NC(Cc1cc(F)cc(F)c1)C(O)CN(Cc1ccccc1)c1nnsc1CC(C)(C)C. The highest BCUT2D eigenvalue weighted by molar-refractivity contribution is 7.06. The topological polar surface area (TPSA) is 78.4 Å². The van der Waals surface area contributed by atoms with Gasteiger partial charge < -0.3 is 15.3 Å². The van der Waals surface area contributed by atoms with Gasteiger partial charge in [0.15, 0.2) is 5.82 Å². The summed E-state index contributed by atoms with van der Waals surface area (Å²) in [5.74, 6) is -1.07. The summed E-state index contributed by atoms with van der Waals surface area (Å²) in [6.07, 6.45) is -0.212. The first-order valence-corrected chi connectivity index (χ1v) is 12.3. The summed E-state index contributed by atoms with van der Waals surface area (Å²) in [5, 5.41) is 18.4. The van der Waals surface area contributed by atoms with E-state index in [1.54, 1.807) is 0 Å². The lowest BCUT2D eigenvalue weighted by Gasteiger charge is -2.31. The molecule has 0 aliphatic rings. The van der Waals surface area contributed by atoms with Crippen LogP contribution in [-0.4, -0.2) is 39.3 Å². The predicted octanol–water partition coefficient (Wildman–Crippen LogP) is 4.52. The molecule has 1 heterocycles. The molecule has 3 rings (SSSR count). The molecule has 0 spiro atoms. The molecule has 2 atom stereocenters. The Bertz CT molecular complexity index is 1100. The molecule has 3 aromatic rings. The van der Waals surface area contributed by atoms with Crippen molar-refractivity contribution in [2.45, 2.75) is 59.2 Å². The van der Waals surface area contributed by atoms with Gasteiger partial charge in [-0.2, -0.15) is 0 Å². The van der Waals surface area contributed by atoms with Gasteiger partial charge in [0.1, 0.15) is 11.6 Å². The normalized spacial score (nSPS) is 13.3. The number of nitrogens with zero attached hydrogens (tertiary/aromatic N) is 3. The third-order valence-electron chi connectivity index (χ3n) is 5.38. The number of benzene rings is 2. The van der Waals surface area contributed by atoms with E-state index in [4.69, 9.17) is 0 Å². The minimum absolute atomic E-state index is 0.0141. The van der Waals surface area contributed by atoms with Crippen LogP contribution >= 0.6 is 11.5 Å². The van der Waals surface area contributed by atoms with Crippen molar-refractivity contribution in [2.75, 3.05) is 11.4 Å². The average Bonchev–Trinajstić information content (AvgIpc) is 3.18. The first-order valence-electron chi connectivity index (χ1n) is 11.5. The van der Waals surface area contributed by atoms with Gasteiger partial charge >= 0.3 is 0 Å². The number of anilines is 1. The molecule has 2 unspecified atom stereocenters. The lowest BCUT2D eigenvalue weighted by molar-refractivity contribution is -0.120. The van der Waals surface area contributed by atoms with Crippen molar-refractivity contribution in [1.29, 1.82) is 0 Å². The summed E-state index contributed by atoms with van der Waals surface area (Å²) in [7, 11) is 0. The molecule has 2 N–H and O–H groups in total. The van der Waals surface area contributed by atoms with Crippen LogP contribution in [0, 0.1) is 17.0 Å². The van der Waals surface area contributed by atoms with Crippen LogP contribution in [0.25, 0.3) is 0 Å². The Balaban J connectivity index is 1.89. The fourth-order valence-corrected chi connectivity index (χ4v) is 4.91. The average molecular weight is 503 g/mol. The molecular weight excluding hydrogens is 470 g/mol. The maximum atomic E-state index is 13.7. The van der Waals surface area contributed by atoms with E-state index in [0.29, 0.717) is 17.9 Å². The van der Waals surface area contributed by atoms with Crippen LogP contribution in [0.1, 0.15) is 43.7 Å². The second kappa shape index (κ2) is 11.7. The van der Waals surface area contributed by atoms with Gasteiger partial charge in [-0.25, -0.2) is 8.78 Å². The molecule has 35 heavy (non-hydrogen) atoms. The Morgan fingerprint density at radius 1 is 1.11 bits per heavy atom. The van der Waals surface area contributed by atoms with Crippen LogP contribution in [-0.2, 0) is 24.2 Å². The number of aromatic nitrogens is 2. The van der Waals surface area contributed by atoms with Crippen LogP contribution < -0.4 is 10.2 Å². The van der Waals surface area contributed by atoms with Gasteiger partial charge in [0.25, 0.3) is 0 Å². The maximum absolute atomic E-state index is 13.7. The molecule has 0 fully saturated rings. The summed E-state index contributed by atoms with van der Waals surface area (Å²) in [4.78, 5) is 14.8. The number of amides is 1. The molecule has 1 aromatic heterocycles. The molecule has 9 heteroatoms. The highest BCUT2D eigenvalue weighted by Crippen LogP contribution is 2.30. The van der Waals surface area contributed by atoms with E-state index in [1.807, 2.05) is 35.2 Å². The zero-order valence-corrected chi connectivity index (χ0v) is 21.3. The summed E-state index contributed by atoms with van der Waals surface area (Å²) >= 11 is 1.33. The number of rotatable bonds is 10. The van der Waals surface area contributed by atoms with Gasteiger partial charge in [-0.3, -0.25) is 4.79 Å². The molecule has 0 aliphatic carbocycles. The Morgan fingerprint density at radius 2 is 1.77 bits per heavy atom. The number of halogens is 2. The van der Waals surface area contributed by atoms with Gasteiger partial charge in [0.05, 0.1) is 17.0 Å². The van der Waals surface area contributed by atoms with Crippen molar-refractivity contribution < 1.29 is 18.7 Å². The van der Waals surface area contributed by atoms with Gasteiger partial charge in [0.2, 0.25) is 5.91 Å². The molecule has 2 aromatic carbocycles. The standard InChI is InChI=1S/C26H32F2N4O2S/c1-17(33)29-22(12-19-10-20(27)13-21(28)11-19)23(34)16-32(15-18-8-6-5-7-9-18)25-24(35-31-30-25)14-26(2,3)4/h5-11,13,22-23,34H,12,14-16H2,1-4H3,(H,29,33). The van der Waals surface area contributed by atoms with E-state index < -0.39 is 23.8 Å². The molecule has 0 radical (unpaired) electrons. The Morgan fingerprint density at radius 3 is 2.37 bits per heavy atom. The monoisotopic (exact) mass is 502 g/mol. The second-order valence-corrected chi connectivity index (χ2v) is 10.8. The van der Waals surface area contributed by atoms with E-state index in [0.717, 1.165) is 22.9 Å². The Hall–Kier alpha value is -2.91. The van der Waals surface area contributed by atoms with E-state index in [2.05, 4.69) is 35.7 Å². The predicted molar refractivity (Wildman–Crippen MR) is 134 cm³/mol. The fraction of sp³-hybridized carbons (Fsp3) is 0.423. The largest absolute Gasteiger partial charge is 0.389 e. The third kappa shape index (κ3) is 8.36.